The number of hydrogen-bond donors (Lipinski definition) is 2. The van der Waals surface area contributed by atoms with Gasteiger partial charge in [-0.15, -0.1) is 0 Å². The van der Waals surface area contributed by atoms with Gasteiger partial charge in [-0.1, -0.05) is 12.1 Å². The maximum atomic E-state index is 12.0. The molecule has 8 heteroatoms. The van der Waals surface area contributed by atoms with Gasteiger partial charge < -0.3 is 10.4 Å². The highest BCUT2D eigenvalue weighted by atomic mass is 16.4. The first-order chi connectivity index (χ1) is 11.4. The third kappa shape index (κ3) is 4.42. The van der Waals surface area contributed by atoms with Crippen LogP contribution in [0.5, 0.6) is 0 Å². The molecule has 0 aliphatic rings. The molecule has 0 saturated carbocycles. The normalized spacial score (nSPS) is 10.4. The lowest BCUT2D eigenvalue weighted by Gasteiger charge is -2.09. The second-order valence-corrected chi connectivity index (χ2v) is 5.26. The highest BCUT2D eigenvalue weighted by Crippen LogP contribution is 2.11. The van der Waals surface area contributed by atoms with E-state index >= 15 is 0 Å². The zero-order valence-electron chi connectivity index (χ0n) is 13.1. The van der Waals surface area contributed by atoms with E-state index in [0.29, 0.717) is 12.1 Å². The number of nitrogens with zero attached hydrogens (tertiary/aromatic N) is 2. The van der Waals surface area contributed by atoms with Crippen LogP contribution >= 0.6 is 0 Å². The number of anilines is 1. The third-order valence-electron chi connectivity index (χ3n) is 3.44. The summed E-state index contributed by atoms with van der Waals surface area (Å²) < 4.78 is 2.06. The van der Waals surface area contributed by atoms with Gasteiger partial charge in [0, 0.05) is 31.4 Å². The van der Waals surface area contributed by atoms with Gasteiger partial charge in [-0.3, -0.25) is 23.5 Å². The van der Waals surface area contributed by atoms with Crippen LogP contribution < -0.4 is 16.6 Å². The number of benzene rings is 1. The Balaban J connectivity index is 2.00. The Bertz CT molecular complexity index is 865. The van der Waals surface area contributed by atoms with E-state index in [4.69, 9.17) is 5.11 Å². The van der Waals surface area contributed by atoms with E-state index in [9.17, 15) is 19.2 Å². The van der Waals surface area contributed by atoms with Gasteiger partial charge in [0.2, 0.25) is 5.91 Å². The number of carbonyl (C=O) groups is 2. The van der Waals surface area contributed by atoms with Crippen LogP contribution in [0.25, 0.3) is 0 Å². The van der Waals surface area contributed by atoms with Crippen molar-refractivity contribution in [3.05, 3.63) is 62.9 Å². The molecule has 0 aliphatic carbocycles. The van der Waals surface area contributed by atoms with Gasteiger partial charge in [-0.05, 0) is 24.1 Å². The molecule has 0 aliphatic heterocycles. The molecule has 2 N–H and O–H groups in total. The predicted octanol–water partition coefficient (Wildman–Crippen LogP) is 0.203. The maximum Gasteiger partial charge on any atom is 0.331 e. The molecule has 24 heavy (non-hydrogen) atoms. The first kappa shape index (κ1) is 17.2. The van der Waals surface area contributed by atoms with Crippen molar-refractivity contribution in [2.24, 2.45) is 7.05 Å². The van der Waals surface area contributed by atoms with Crippen LogP contribution in [0.2, 0.25) is 0 Å². The quantitative estimate of drug-likeness (QED) is 0.786. The minimum absolute atomic E-state index is 0.0430. The van der Waals surface area contributed by atoms with Gasteiger partial charge in [-0.2, -0.15) is 0 Å². The molecule has 2 aromatic rings. The molecule has 0 radical (unpaired) electrons. The van der Waals surface area contributed by atoms with E-state index in [-0.39, 0.29) is 13.0 Å². The predicted molar refractivity (Wildman–Crippen MR) is 87.0 cm³/mol. The van der Waals surface area contributed by atoms with E-state index in [1.807, 2.05) is 0 Å². The number of rotatable bonds is 6. The van der Waals surface area contributed by atoms with Crippen molar-refractivity contribution in [2.75, 3.05) is 5.32 Å². The summed E-state index contributed by atoms with van der Waals surface area (Å²) in [6.45, 7) is -0.215. The zero-order valence-corrected chi connectivity index (χ0v) is 13.1. The topological polar surface area (TPSA) is 110 Å². The Morgan fingerprint density at radius 1 is 1.12 bits per heavy atom. The standard InChI is InChI=1S/C16H17N3O5/c1-18-14(21)8-9-19(16(18)24)10-13(20)17-12-5-2-11(3-6-12)4-7-15(22)23/h2-3,5-6,8-9H,4,7,10H2,1H3,(H,17,20)(H,22,23). The van der Waals surface area contributed by atoms with Gasteiger partial charge in [-0.25, -0.2) is 4.79 Å². The summed E-state index contributed by atoms with van der Waals surface area (Å²) in [6.07, 6.45) is 1.73. The Labute approximate surface area is 137 Å². The molecule has 1 heterocycles. The summed E-state index contributed by atoms with van der Waals surface area (Å²) in [5.41, 5.74) is 0.386. The lowest BCUT2D eigenvalue weighted by Crippen LogP contribution is -2.38. The Hall–Kier alpha value is -3.16. The fourth-order valence-corrected chi connectivity index (χ4v) is 2.10. The minimum atomic E-state index is -0.866. The highest BCUT2D eigenvalue weighted by Gasteiger charge is 2.07. The number of aryl methyl sites for hydroxylation is 1. The molecular weight excluding hydrogens is 314 g/mol. The molecule has 1 amide bonds. The molecule has 0 unspecified atom stereocenters. The molecular formula is C16H17N3O5. The molecule has 126 valence electrons. The van der Waals surface area contributed by atoms with Crippen molar-refractivity contribution in [1.82, 2.24) is 9.13 Å². The van der Waals surface area contributed by atoms with Crippen LogP contribution in [-0.2, 0) is 29.6 Å². The van der Waals surface area contributed by atoms with Gasteiger partial charge in [0.05, 0.1) is 0 Å². The smallest absolute Gasteiger partial charge is 0.331 e. The second-order valence-electron chi connectivity index (χ2n) is 5.26. The molecule has 0 atom stereocenters. The van der Waals surface area contributed by atoms with E-state index in [1.165, 1.54) is 19.3 Å². The Kier molecular flexibility index (Phi) is 5.31. The molecule has 8 nitrogen and oxygen atoms in total. The summed E-state index contributed by atoms with van der Waals surface area (Å²) >= 11 is 0. The van der Waals surface area contributed by atoms with Crippen molar-refractivity contribution in [2.45, 2.75) is 19.4 Å². The summed E-state index contributed by atoms with van der Waals surface area (Å²) in [6, 6.07) is 8.01. The van der Waals surface area contributed by atoms with Crippen molar-refractivity contribution in [3.8, 4) is 0 Å². The molecule has 1 aromatic carbocycles. The average molecular weight is 331 g/mol. The van der Waals surface area contributed by atoms with Crippen LogP contribution in [-0.4, -0.2) is 26.1 Å². The van der Waals surface area contributed by atoms with Crippen LogP contribution in [0.15, 0.2) is 46.1 Å². The zero-order chi connectivity index (χ0) is 17.7. The van der Waals surface area contributed by atoms with E-state index < -0.39 is 23.1 Å². The van der Waals surface area contributed by atoms with Crippen molar-refractivity contribution >= 4 is 17.6 Å². The molecule has 2 rings (SSSR count). The SMILES string of the molecule is Cn1c(=O)ccn(CC(=O)Nc2ccc(CCC(=O)O)cc2)c1=O. The number of aliphatic carboxylic acids is 1. The number of carboxylic acids is 1. The summed E-state index contributed by atoms with van der Waals surface area (Å²) in [7, 11) is 1.34. The van der Waals surface area contributed by atoms with Crippen molar-refractivity contribution < 1.29 is 14.7 Å². The number of nitrogens with one attached hydrogen (secondary N) is 1. The Morgan fingerprint density at radius 2 is 1.79 bits per heavy atom. The number of carbonyl (C=O) groups excluding carboxylic acids is 1. The lowest BCUT2D eigenvalue weighted by atomic mass is 10.1. The average Bonchev–Trinajstić information content (AvgIpc) is 2.55. The Morgan fingerprint density at radius 3 is 2.42 bits per heavy atom. The maximum absolute atomic E-state index is 12.0. The molecule has 0 spiro atoms. The van der Waals surface area contributed by atoms with Crippen LogP contribution in [0, 0.1) is 0 Å². The fourth-order valence-electron chi connectivity index (χ4n) is 2.10. The summed E-state index contributed by atoms with van der Waals surface area (Å²) in [5.74, 6) is -1.27. The van der Waals surface area contributed by atoms with Crippen LogP contribution in [0.3, 0.4) is 0 Å². The summed E-state index contributed by atoms with van der Waals surface area (Å²) in [5, 5.41) is 11.3. The first-order valence-electron chi connectivity index (χ1n) is 7.24. The molecule has 0 fully saturated rings. The monoisotopic (exact) mass is 331 g/mol. The van der Waals surface area contributed by atoms with Crippen LogP contribution in [0.4, 0.5) is 5.69 Å². The highest BCUT2D eigenvalue weighted by molar-refractivity contribution is 5.90. The number of amides is 1. The minimum Gasteiger partial charge on any atom is -0.481 e. The third-order valence-corrected chi connectivity index (χ3v) is 3.44. The van der Waals surface area contributed by atoms with Gasteiger partial charge >= 0.3 is 11.7 Å². The van der Waals surface area contributed by atoms with E-state index in [1.54, 1.807) is 24.3 Å². The van der Waals surface area contributed by atoms with Crippen LogP contribution in [0.1, 0.15) is 12.0 Å². The fraction of sp³-hybridized carbons (Fsp3) is 0.250. The van der Waals surface area contributed by atoms with E-state index in [0.717, 1.165) is 14.7 Å². The molecule has 1 aromatic heterocycles. The van der Waals surface area contributed by atoms with Gasteiger partial charge in [0.25, 0.3) is 5.56 Å². The number of hydrogen-bond acceptors (Lipinski definition) is 4. The van der Waals surface area contributed by atoms with Crippen molar-refractivity contribution in [3.63, 3.8) is 0 Å². The summed E-state index contributed by atoms with van der Waals surface area (Å²) in [4.78, 5) is 45.7. The largest absolute Gasteiger partial charge is 0.481 e. The second kappa shape index (κ2) is 7.40. The first-order valence-corrected chi connectivity index (χ1v) is 7.24. The number of aromatic nitrogens is 2. The van der Waals surface area contributed by atoms with Crippen molar-refractivity contribution in [1.29, 1.82) is 0 Å². The molecule has 0 saturated heterocycles. The van der Waals surface area contributed by atoms with Gasteiger partial charge in [0.1, 0.15) is 6.54 Å². The van der Waals surface area contributed by atoms with Gasteiger partial charge in [0.15, 0.2) is 0 Å². The lowest BCUT2D eigenvalue weighted by molar-refractivity contribution is -0.137. The van der Waals surface area contributed by atoms with E-state index in [2.05, 4.69) is 5.32 Å². The number of carboxylic acid groups (broad SMARTS) is 1. The molecule has 0 bridgehead atoms.